The van der Waals surface area contributed by atoms with Crippen molar-refractivity contribution >= 4 is 11.6 Å². The maximum Gasteiger partial charge on any atom is 0.259 e. The van der Waals surface area contributed by atoms with E-state index in [1.165, 1.54) is 6.20 Å². The molecule has 2 heterocycles. The number of pyridine rings is 1. The number of aryl methyl sites for hydroxylation is 2. The Kier molecular flexibility index (Phi) is 2.68. The van der Waals surface area contributed by atoms with E-state index in [1.807, 2.05) is 13.0 Å². The van der Waals surface area contributed by atoms with E-state index in [-0.39, 0.29) is 5.91 Å². The van der Waals surface area contributed by atoms with Crippen LogP contribution >= 0.6 is 0 Å². The zero-order valence-corrected chi connectivity index (χ0v) is 9.11. The zero-order chi connectivity index (χ0) is 11.5. The fourth-order valence-electron chi connectivity index (χ4n) is 1.40. The minimum atomic E-state index is -0.170. The standard InChI is InChI=1S/C11H12N4O/c1-7-5-9(3-4-12-7)14-11(16)10-6-13-15-8(10)2/h3-6H,1-2H3,(H,13,15)(H,12,14,16). The highest BCUT2D eigenvalue weighted by atomic mass is 16.1. The second kappa shape index (κ2) is 4.14. The van der Waals surface area contributed by atoms with Crippen LogP contribution in [0.15, 0.2) is 24.5 Å². The van der Waals surface area contributed by atoms with Crippen molar-refractivity contribution in [1.29, 1.82) is 0 Å². The molecule has 2 rings (SSSR count). The lowest BCUT2D eigenvalue weighted by Gasteiger charge is -2.04. The number of hydrogen-bond donors (Lipinski definition) is 2. The van der Waals surface area contributed by atoms with E-state index in [2.05, 4.69) is 20.5 Å². The van der Waals surface area contributed by atoms with Gasteiger partial charge in [-0.3, -0.25) is 14.9 Å². The average molecular weight is 216 g/mol. The van der Waals surface area contributed by atoms with E-state index in [9.17, 15) is 4.79 Å². The minimum absolute atomic E-state index is 0.170. The van der Waals surface area contributed by atoms with Crippen molar-refractivity contribution in [2.45, 2.75) is 13.8 Å². The Labute approximate surface area is 92.9 Å². The zero-order valence-electron chi connectivity index (χ0n) is 9.11. The average Bonchev–Trinajstić information content (AvgIpc) is 2.64. The summed E-state index contributed by atoms with van der Waals surface area (Å²) in [6, 6.07) is 3.56. The quantitative estimate of drug-likeness (QED) is 0.802. The van der Waals surface area contributed by atoms with Crippen molar-refractivity contribution in [1.82, 2.24) is 15.2 Å². The number of rotatable bonds is 2. The van der Waals surface area contributed by atoms with Gasteiger partial charge in [0.2, 0.25) is 0 Å². The van der Waals surface area contributed by atoms with Gasteiger partial charge >= 0.3 is 0 Å². The van der Waals surface area contributed by atoms with Crippen LogP contribution in [-0.2, 0) is 0 Å². The first kappa shape index (κ1) is 10.4. The number of amides is 1. The summed E-state index contributed by atoms with van der Waals surface area (Å²) in [6.07, 6.45) is 3.17. The molecule has 2 N–H and O–H groups in total. The van der Waals surface area contributed by atoms with Crippen molar-refractivity contribution in [3.05, 3.63) is 41.5 Å². The van der Waals surface area contributed by atoms with Crippen LogP contribution in [0.4, 0.5) is 5.69 Å². The Balaban J connectivity index is 2.17. The van der Waals surface area contributed by atoms with Crippen LogP contribution in [0.2, 0.25) is 0 Å². The number of carbonyl (C=O) groups excluding carboxylic acids is 1. The van der Waals surface area contributed by atoms with Crippen molar-refractivity contribution < 1.29 is 4.79 Å². The monoisotopic (exact) mass is 216 g/mol. The van der Waals surface area contributed by atoms with Crippen LogP contribution in [0, 0.1) is 13.8 Å². The van der Waals surface area contributed by atoms with Gasteiger partial charge in [-0.25, -0.2) is 0 Å². The summed E-state index contributed by atoms with van der Waals surface area (Å²) < 4.78 is 0. The summed E-state index contributed by atoms with van der Waals surface area (Å²) in [7, 11) is 0. The summed E-state index contributed by atoms with van der Waals surface area (Å²) in [5.41, 5.74) is 2.90. The molecule has 82 valence electrons. The number of nitrogens with one attached hydrogen (secondary N) is 2. The lowest BCUT2D eigenvalue weighted by atomic mass is 10.2. The molecule has 0 fully saturated rings. The second-order valence-corrected chi connectivity index (χ2v) is 3.55. The molecule has 0 aromatic carbocycles. The van der Waals surface area contributed by atoms with Crippen molar-refractivity contribution in [3.8, 4) is 0 Å². The number of nitrogens with zero attached hydrogens (tertiary/aromatic N) is 2. The molecule has 0 radical (unpaired) electrons. The van der Waals surface area contributed by atoms with E-state index >= 15 is 0 Å². The van der Waals surface area contributed by atoms with Crippen LogP contribution in [0.1, 0.15) is 21.7 Å². The van der Waals surface area contributed by atoms with Gasteiger partial charge in [0.1, 0.15) is 0 Å². The normalized spacial score (nSPS) is 10.1. The molecule has 5 nitrogen and oxygen atoms in total. The Hall–Kier alpha value is -2.17. The molecule has 2 aromatic rings. The molecule has 0 saturated carbocycles. The minimum Gasteiger partial charge on any atom is -0.322 e. The highest BCUT2D eigenvalue weighted by molar-refractivity contribution is 6.04. The molecule has 0 spiro atoms. The lowest BCUT2D eigenvalue weighted by molar-refractivity contribution is 0.102. The van der Waals surface area contributed by atoms with Crippen LogP contribution in [-0.4, -0.2) is 21.1 Å². The Morgan fingerprint density at radius 3 is 2.88 bits per heavy atom. The molecular weight excluding hydrogens is 204 g/mol. The molecule has 16 heavy (non-hydrogen) atoms. The predicted molar refractivity (Wildman–Crippen MR) is 60.3 cm³/mol. The topological polar surface area (TPSA) is 70.7 Å². The highest BCUT2D eigenvalue weighted by Crippen LogP contribution is 2.10. The molecule has 0 saturated heterocycles. The number of hydrogen-bond acceptors (Lipinski definition) is 3. The molecule has 1 amide bonds. The first-order valence-electron chi connectivity index (χ1n) is 4.91. The molecular formula is C11H12N4O. The molecule has 0 aliphatic carbocycles. The Morgan fingerprint density at radius 1 is 1.44 bits per heavy atom. The van der Waals surface area contributed by atoms with Gasteiger partial charge in [-0.15, -0.1) is 0 Å². The maximum atomic E-state index is 11.8. The first-order chi connectivity index (χ1) is 7.66. The van der Waals surface area contributed by atoms with Gasteiger partial charge in [-0.2, -0.15) is 5.10 Å². The predicted octanol–water partition coefficient (Wildman–Crippen LogP) is 1.67. The molecule has 2 aromatic heterocycles. The molecule has 0 atom stereocenters. The molecule has 0 bridgehead atoms. The fourth-order valence-corrected chi connectivity index (χ4v) is 1.40. The van der Waals surface area contributed by atoms with Gasteiger partial charge in [-0.1, -0.05) is 0 Å². The van der Waals surface area contributed by atoms with Crippen molar-refractivity contribution in [2.75, 3.05) is 5.32 Å². The number of anilines is 1. The number of aromatic nitrogens is 3. The summed E-state index contributed by atoms with van der Waals surface area (Å²) >= 11 is 0. The maximum absolute atomic E-state index is 11.8. The summed E-state index contributed by atoms with van der Waals surface area (Å²) in [5, 5.41) is 9.31. The van der Waals surface area contributed by atoms with E-state index in [0.717, 1.165) is 17.1 Å². The molecule has 0 aliphatic heterocycles. The summed E-state index contributed by atoms with van der Waals surface area (Å²) in [5.74, 6) is -0.170. The van der Waals surface area contributed by atoms with E-state index in [0.29, 0.717) is 5.56 Å². The van der Waals surface area contributed by atoms with Crippen LogP contribution in [0.3, 0.4) is 0 Å². The Morgan fingerprint density at radius 2 is 2.25 bits per heavy atom. The van der Waals surface area contributed by atoms with Gasteiger partial charge in [0.25, 0.3) is 5.91 Å². The van der Waals surface area contributed by atoms with Gasteiger partial charge < -0.3 is 5.32 Å². The van der Waals surface area contributed by atoms with Gasteiger partial charge in [0.15, 0.2) is 0 Å². The second-order valence-electron chi connectivity index (χ2n) is 3.55. The van der Waals surface area contributed by atoms with Crippen molar-refractivity contribution in [2.24, 2.45) is 0 Å². The van der Waals surface area contributed by atoms with E-state index < -0.39 is 0 Å². The lowest BCUT2D eigenvalue weighted by Crippen LogP contribution is -2.12. The third-order valence-electron chi connectivity index (χ3n) is 2.23. The number of H-pyrrole nitrogens is 1. The third-order valence-corrected chi connectivity index (χ3v) is 2.23. The molecule has 0 unspecified atom stereocenters. The highest BCUT2D eigenvalue weighted by Gasteiger charge is 2.10. The number of carbonyl (C=O) groups is 1. The first-order valence-corrected chi connectivity index (χ1v) is 4.91. The summed E-state index contributed by atoms with van der Waals surface area (Å²) in [4.78, 5) is 15.9. The molecule has 0 aliphatic rings. The van der Waals surface area contributed by atoms with Crippen LogP contribution in [0.5, 0.6) is 0 Å². The largest absolute Gasteiger partial charge is 0.322 e. The molecule has 5 heteroatoms. The smallest absolute Gasteiger partial charge is 0.259 e. The van der Waals surface area contributed by atoms with Crippen LogP contribution in [0.25, 0.3) is 0 Å². The summed E-state index contributed by atoms with van der Waals surface area (Å²) in [6.45, 7) is 3.68. The van der Waals surface area contributed by atoms with Crippen LogP contribution < -0.4 is 5.32 Å². The Bertz CT molecular complexity index is 518. The van der Waals surface area contributed by atoms with Gasteiger partial charge in [0, 0.05) is 23.3 Å². The van der Waals surface area contributed by atoms with Gasteiger partial charge in [0.05, 0.1) is 11.8 Å². The van der Waals surface area contributed by atoms with Crippen molar-refractivity contribution in [3.63, 3.8) is 0 Å². The third kappa shape index (κ3) is 2.08. The van der Waals surface area contributed by atoms with E-state index in [1.54, 1.807) is 19.2 Å². The van der Waals surface area contributed by atoms with Gasteiger partial charge in [-0.05, 0) is 26.0 Å². The SMILES string of the molecule is Cc1cc(NC(=O)c2cn[nH]c2C)ccn1. The fraction of sp³-hybridized carbons (Fsp3) is 0.182. The number of aromatic amines is 1. The van der Waals surface area contributed by atoms with E-state index in [4.69, 9.17) is 0 Å².